The number of hydrogen-bond donors (Lipinski definition) is 0. The predicted octanol–water partition coefficient (Wildman–Crippen LogP) is 4.53. The Balaban J connectivity index is 2.33. The molecule has 3 heteroatoms. The lowest BCUT2D eigenvalue weighted by molar-refractivity contribution is 0.322. The fourth-order valence-corrected chi connectivity index (χ4v) is 2.41. The molecular formula is C19H22O3. The van der Waals surface area contributed by atoms with Crippen LogP contribution in [-0.2, 0) is 0 Å². The van der Waals surface area contributed by atoms with Crippen LogP contribution in [0.15, 0.2) is 48.5 Å². The zero-order valence-electron chi connectivity index (χ0n) is 13.5. The van der Waals surface area contributed by atoms with Crippen LogP contribution in [0.3, 0.4) is 0 Å². The van der Waals surface area contributed by atoms with E-state index in [0.717, 1.165) is 5.56 Å². The van der Waals surface area contributed by atoms with Gasteiger partial charge in [0, 0.05) is 11.5 Å². The Labute approximate surface area is 132 Å². The van der Waals surface area contributed by atoms with E-state index in [1.807, 2.05) is 30.3 Å². The third-order valence-electron chi connectivity index (χ3n) is 3.60. The van der Waals surface area contributed by atoms with E-state index in [4.69, 9.17) is 14.2 Å². The van der Waals surface area contributed by atoms with Crippen molar-refractivity contribution in [1.82, 2.24) is 0 Å². The molecule has 116 valence electrons. The zero-order valence-corrected chi connectivity index (χ0v) is 13.5. The van der Waals surface area contributed by atoms with Crippen LogP contribution < -0.4 is 14.2 Å². The number of benzene rings is 2. The Morgan fingerprint density at radius 2 is 1.50 bits per heavy atom. The monoisotopic (exact) mass is 298 g/mol. The van der Waals surface area contributed by atoms with Crippen molar-refractivity contribution in [3.05, 3.63) is 59.7 Å². The highest BCUT2D eigenvalue weighted by Crippen LogP contribution is 2.42. The third-order valence-corrected chi connectivity index (χ3v) is 3.60. The first-order valence-electron chi connectivity index (χ1n) is 7.23. The van der Waals surface area contributed by atoms with Crippen molar-refractivity contribution in [3.8, 4) is 17.2 Å². The van der Waals surface area contributed by atoms with Gasteiger partial charge in [0.05, 0.1) is 21.3 Å². The topological polar surface area (TPSA) is 27.7 Å². The van der Waals surface area contributed by atoms with Gasteiger partial charge < -0.3 is 14.2 Å². The molecule has 2 aromatic rings. The average Bonchev–Trinajstić information content (AvgIpc) is 2.58. The molecule has 22 heavy (non-hydrogen) atoms. The Morgan fingerprint density at radius 3 is 2.09 bits per heavy atom. The maximum Gasteiger partial charge on any atom is 0.203 e. The van der Waals surface area contributed by atoms with Crippen LogP contribution in [0.25, 0.3) is 6.08 Å². The van der Waals surface area contributed by atoms with E-state index in [2.05, 4.69) is 31.2 Å². The van der Waals surface area contributed by atoms with E-state index in [-0.39, 0.29) is 5.92 Å². The number of allylic oxidation sites excluding steroid dienone is 1. The van der Waals surface area contributed by atoms with E-state index in [0.29, 0.717) is 17.2 Å². The molecule has 0 fully saturated rings. The smallest absolute Gasteiger partial charge is 0.203 e. The van der Waals surface area contributed by atoms with Gasteiger partial charge in [0.15, 0.2) is 11.5 Å². The first-order valence-corrected chi connectivity index (χ1v) is 7.23. The van der Waals surface area contributed by atoms with Gasteiger partial charge in [-0.2, -0.15) is 0 Å². The van der Waals surface area contributed by atoms with Gasteiger partial charge in [0.25, 0.3) is 0 Å². The van der Waals surface area contributed by atoms with Gasteiger partial charge >= 0.3 is 0 Å². The molecule has 0 saturated heterocycles. The Hall–Kier alpha value is -2.42. The highest BCUT2D eigenvalue weighted by atomic mass is 16.5. The Morgan fingerprint density at radius 1 is 0.818 bits per heavy atom. The SMILES string of the molecule is COc1ccc(C(C)/C=C/c2ccccc2)c(OC)c1OC. The van der Waals surface area contributed by atoms with Crippen LogP contribution in [0.4, 0.5) is 0 Å². The van der Waals surface area contributed by atoms with Crippen LogP contribution in [0.1, 0.15) is 24.0 Å². The van der Waals surface area contributed by atoms with Crippen LogP contribution >= 0.6 is 0 Å². The molecule has 0 bridgehead atoms. The molecule has 0 radical (unpaired) electrons. The van der Waals surface area contributed by atoms with Crippen LogP contribution in [-0.4, -0.2) is 21.3 Å². The quantitative estimate of drug-likeness (QED) is 0.784. The lowest BCUT2D eigenvalue weighted by Gasteiger charge is -2.18. The number of ether oxygens (including phenoxy) is 3. The summed E-state index contributed by atoms with van der Waals surface area (Å²) in [6, 6.07) is 14.1. The van der Waals surface area contributed by atoms with E-state index >= 15 is 0 Å². The summed E-state index contributed by atoms with van der Waals surface area (Å²) in [4.78, 5) is 0. The summed E-state index contributed by atoms with van der Waals surface area (Å²) >= 11 is 0. The van der Waals surface area contributed by atoms with Gasteiger partial charge in [-0.1, -0.05) is 55.5 Å². The van der Waals surface area contributed by atoms with Gasteiger partial charge in [-0.15, -0.1) is 0 Å². The van der Waals surface area contributed by atoms with Crippen molar-refractivity contribution >= 4 is 6.08 Å². The van der Waals surface area contributed by atoms with Gasteiger partial charge in [0.1, 0.15) is 0 Å². The predicted molar refractivity (Wildman–Crippen MR) is 90.0 cm³/mol. The van der Waals surface area contributed by atoms with Crippen LogP contribution in [0, 0.1) is 0 Å². The van der Waals surface area contributed by atoms with Crippen LogP contribution in [0.5, 0.6) is 17.2 Å². The minimum atomic E-state index is 0.190. The summed E-state index contributed by atoms with van der Waals surface area (Å²) in [6.45, 7) is 2.13. The second kappa shape index (κ2) is 7.55. The fourth-order valence-electron chi connectivity index (χ4n) is 2.41. The molecule has 0 aliphatic heterocycles. The van der Waals surface area contributed by atoms with E-state index < -0.39 is 0 Å². The number of methoxy groups -OCH3 is 3. The molecular weight excluding hydrogens is 276 g/mol. The summed E-state index contributed by atoms with van der Waals surface area (Å²) in [6.07, 6.45) is 4.26. The lowest BCUT2D eigenvalue weighted by Crippen LogP contribution is -2.00. The molecule has 0 aliphatic rings. The zero-order chi connectivity index (χ0) is 15.9. The summed E-state index contributed by atoms with van der Waals surface area (Å²) < 4.78 is 16.3. The van der Waals surface area contributed by atoms with Gasteiger partial charge in [-0.25, -0.2) is 0 Å². The van der Waals surface area contributed by atoms with Crippen molar-refractivity contribution in [2.75, 3.05) is 21.3 Å². The van der Waals surface area contributed by atoms with E-state index in [1.165, 1.54) is 5.56 Å². The average molecular weight is 298 g/mol. The molecule has 0 saturated carbocycles. The molecule has 2 rings (SSSR count). The van der Waals surface area contributed by atoms with Gasteiger partial charge in [-0.05, 0) is 11.6 Å². The second-order valence-corrected chi connectivity index (χ2v) is 4.98. The lowest BCUT2D eigenvalue weighted by atomic mass is 9.98. The van der Waals surface area contributed by atoms with Crippen molar-refractivity contribution in [2.45, 2.75) is 12.8 Å². The summed E-state index contributed by atoms with van der Waals surface area (Å²) in [5.41, 5.74) is 2.24. The van der Waals surface area contributed by atoms with Crippen molar-refractivity contribution in [1.29, 1.82) is 0 Å². The second-order valence-electron chi connectivity index (χ2n) is 4.98. The molecule has 0 spiro atoms. The number of rotatable bonds is 6. The van der Waals surface area contributed by atoms with Crippen molar-refractivity contribution in [2.24, 2.45) is 0 Å². The number of hydrogen-bond acceptors (Lipinski definition) is 3. The molecule has 0 aromatic heterocycles. The van der Waals surface area contributed by atoms with Crippen LogP contribution in [0.2, 0.25) is 0 Å². The van der Waals surface area contributed by atoms with Crippen molar-refractivity contribution < 1.29 is 14.2 Å². The Kier molecular flexibility index (Phi) is 5.48. The van der Waals surface area contributed by atoms with E-state index in [9.17, 15) is 0 Å². The minimum Gasteiger partial charge on any atom is -0.493 e. The molecule has 0 amide bonds. The molecule has 3 nitrogen and oxygen atoms in total. The summed E-state index contributed by atoms with van der Waals surface area (Å²) in [7, 11) is 4.89. The molecule has 2 aromatic carbocycles. The molecule has 0 heterocycles. The maximum atomic E-state index is 5.54. The molecule has 0 N–H and O–H groups in total. The van der Waals surface area contributed by atoms with Gasteiger partial charge in [-0.3, -0.25) is 0 Å². The molecule has 1 atom stereocenters. The fraction of sp³-hybridized carbons (Fsp3) is 0.263. The molecule has 0 aliphatic carbocycles. The summed E-state index contributed by atoms with van der Waals surface area (Å²) in [5, 5.41) is 0. The first-order chi connectivity index (χ1) is 10.7. The summed E-state index contributed by atoms with van der Waals surface area (Å²) in [5.74, 6) is 2.20. The third kappa shape index (κ3) is 3.42. The van der Waals surface area contributed by atoms with E-state index in [1.54, 1.807) is 21.3 Å². The maximum absolute atomic E-state index is 5.54. The van der Waals surface area contributed by atoms with Crippen molar-refractivity contribution in [3.63, 3.8) is 0 Å². The normalized spacial score (nSPS) is 12.2. The standard InChI is InChI=1S/C19H22O3/c1-14(10-11-15-8-6-5-7-9-15)16-12-13-17(20-2)19(22-4)18(16)21-3/h5-14H,1-4H3/b11-10+. The highest BCUT2D eigenvalue weighted by Gasteiger charge is 2.18. The minimum absolute atomic E-state index is 0.190. The first kappa shape index (κ1) is 16.0. The van der Waals surface area contributed by atoms with Gasteiger partial charge in [0.2, 0.25) is 5.75 Å². The molecule has 1 unspecified atom stereocenters. The Bertz CT molecular complexity index is 633. The largest absolute Gasteiger partial charge is 0.493 e. The highest BCUT2D eigenvalue weighted by molar-refractivity contribution is 5.59.